The van der Waals surface area contributed by atoms with Crippen molar-refractivity contribution in [3.05, 3.63) is 29.8 Å². The average molecular weight is 307 g/mol. The minimum absolute atomic E-state index is 0.184. The van der Waals surface area contributed by atoms with Crippen LogP contribution < -0.4 is 10.1 Å². The summed E-state index contributed by atoms with van der Waals surface area (Å²) < 4.78 is 10.4. The number of aliphatic carboxylic acids is 1. The van der Waals surface area contributed by atoms with Crippen LogP contribution in [0.15, 0.2) is 24.3 Å². The highest BCUT2D eigenvalue weighted by Crippen LogP contribution is 2.38. The molecule has 22 heavy (non-hydrogen) atoms. The third-order valence-corrected chi connectivity index (χ3v) is 4.18. The minimum Gasteiger partial charge on any atom is -0.497 e. The van der Waals surface area contributed by atoms with Gasteiger partial charge in [0, 0.05) is 7.11 Å². The van der Waals surface area contributed by atoms with Crippen LogP contribution >= 0.6 is 0 Å². The van der Waals surface area contributed by atoms with Gasteiger partial charge in [0.1, 0.15) is 5.75 Å². The topological polar surface area (TPSA) is 84.9 Å². The van der Waals surface area contributed by atoms with Gasteiger partial charge in [-0.25, -0.2) is 4.79 Å². The molecule has 1 unspecified atom stereocenters. The fourth-order valence-corrected chi connectivity index (χ4v) is 2.61. The number of benzene rings is 1. The molecule has 6 heteroatoms. The highest BCUT2D eigenvalue weighted by Gasteiger charge is 2.39. The lowest BCUT2D eigenvalue weighted by molar-refractivity contribution is -0.145. The van der Waals surface area contributed by atoms with E-state index in [1.807, 2.05) is 0 Å². The Bertz CT molecular complexity index is 530. The van der Waals surface area contributed by atoms with E-state index in [1.165, 1.54) is 7.11 Å². The van der Waals surface area contributed by atoms with Crippen LogP contribution in [-0.4, -0.2) is 36.8 Å². The van der Waals surface area contributed by atoms with Crippen LogP contribution in [0.5, 0.6) is 5.75 Å². The fourth-order valence-electron chi connectivity index (χ4n) is 2.61. The molecule has 120 valence electrons. The van der Waals surface area contributed by atoms with Crippen molar-refractivity contribution in [2.75, 3.05) is 14.2 Å². The number of hydrogen-bond acceptors (Lipinski definition) is 4. The first-order valence-corrected chi connectivity index (χ1v) is 7.21. The van der Waals surface area contributed by atoms with Crippen molar-refractivity contribution in [3.8, 4) is 5.75 Å². The van der Waals surface area contributed by atoms with Crippen molar-refractivity contribution < 1.29 is 24.2 Å². The molecular weight excluding hydrogens is 286 g/mol. The lowest BCUT2D eigenvalue weighted by Gasteiger charge is -2.40. The maximum absolute atomic E-state index is 12.1. The van der Waals surface area contributed by atoms with Crippen molar-refractivity contribution in [1.29, 1.82) is 0 Å². The molecule has 0 saturated heterocycles. The fraction of sp³-hybridized carbons (Fsp3) is 0.500. The molecule has 0 aromatic heterocycles. The third kappa shape index (κ3) is 3.57. The van der Waals surface area contributed by atoms with Crippen LogP contribution in [0.25, 0.3) is 0 Å². The quantitative estimate of drug-likeness (QED) is 0.803. The molecule has 0 aliphatic heterocycles. The Morgan fingerprint density at radius 3 is 2.32 bits per heavy atom. The number of hydrogen-bond donors (Lipinski definition) is 2. The van der Waals surface area contributed by atoms with E-state index in [4.69, 9.17) is 9.47 Å². The maximum atomic E-state index is 12.1. The van der Waals surface area contributed by atoms with E-state index in [9.17, 15) is 14.7 Å². The zero-order valence-corrected chi connectivity index (χ0v) is 12.8. The summed E-state index contributed by atoms with van der Waals surface area (Å²) in [6, 6.07) is 5.52. The van der Waals surface area contributed by atoms with Crippen LogP contribution in [-0.2, 0) is 14.3 Å². The van der Waals surface area contributed by atoms with Gasteiger partial charge in [-0.1, -0.05) is 12.1 Å². The van der Waals surface area contributed by atoms with Crippen LogP contribution in [0.1, 0.15) is 37.3 Å². The molecular formula is C16H21NO5. The van der Waals surface area contributed by atoms with Gasteiger partial charge >= 0.3 is 5.97 Å². The number of carboxylic acids is 1. The van der Waals surface area contributed by atoms with Gasteiger partial charge in [0.2, 0.25) is 5.91 Å². The zero-order chi connectivity index (χ0) is 16.2. The summed E-state index contributed by atoms with van der Waals surface area (Å²) in [6.07, 6.45) is 2.87. The van der Waals surface area contributed by atoms with Crippen molar-refractivity contribution in [2.45, 2.75) is 37.3 Å². The molecule has 1 aliphatic carbocycles. The van der Waals surface area contributed by atoms with E-state index in [2.05, 4.69) is 5.32 Å². The molecule has 1 saturated carbocycles. The lowest BCUT2D eigenvalue weighted by atomic mass is 9.77. The first-order valence-electron chi connectivity index (χ1n) is 7.21. The van der Waals surface area contributed by atoms with Gasteiger partial charge in [0.15, 0.2) is 6.04 Å². The average Bonchev–Trinajstić information content (AvgIpc) is 2.48. The highest BCUT2D eigenvalue weighted by molar-refractivity contribution is 5.85. The number of nitrogens with one attached hydrogen (secondary N) is 1. The first-order chi connectivity index (χ1) is 10.5. The Labute approximate surface area is 129 Å². The molecule has 0 heterocycles. The number of carboxylic acid groups (broad SMARTS) is 1. The number of carbonyl (C=O) groups is 2. The number of ether oxygens (including phenoxy) is 2. The van der Waals surface area contributed by atoms with Gasteiger partial charge < -0.3 is 19.9 Å². The Hall–Kier alpha value is -2.08. The Kier molecular flexibility index (Phi) is 5.03. The smallest absolute Gasteiger partial charge is 0.330 e. The Morgan fingerprint density at radius 2 is 1.91 bits per heavy atom. The minimum atomic E-state index is -1.10. The second-order valence-corrected chi connectivity index (χ2v) is 5.53. The number of rotatable bonds is 7. The molecule has 1 fully saturated rings. The third-order valence-electron chi connectivity index (χ3n) is 4.18. The Balaban J connectivity index is 2.04. The molecule has 6 nitrogen and oxygen atoms in total. The first kappa shape index (κ1) is 16.3. The maximum Gasteiger partial charge on any atom is 0.330 e. The highest BCUT2D eigenvalue weighted by atomic mass is 16.5. The van der Waals surface area contributed by atoms with E-state index in [0.29, 0.717) is 11.3 Å². The van der Waals surface area contributed by atoms with E-state index >= 15 is 0 Å². The van der Waals surface area contributed by atoms with Gasteiger partial charge in [0.05, 0.1) is 19.1 Å². The second kappa shape index (κ2) is 6.79. The van der Waals surface area contributed by atoms with Crippen LogP contribution in [0.3, 0.4) is 0 Å². The molecule has 0 bridgehead atoms. The summed E-state index contributed by atoms with van der Waals surface area (Å²) in [5, 5.41) is 11.9. The summed E-state index contributed by atoms with van der Waals surface area (Å²) in [6.45, 7) is 0. The SMILES string of the molecule is COc1ccc(C(NC(=O)CC2(OC)CCC2)C(=O)O)cc1. The van der Waals surface area contributed by atoms with Gasteiger partial charge in [0.25, 0.3) is 0 Å². The van der Waals surface area contributed by atoms with E-state index in [0.717, 1.165) is 19.3 Å². The molecule has 2 N–H and O–H groups in total. The summed E-state index contributed by atoms with van der Waals surface area (Å²) in [5.74, 6) is -0.782. The molecule has 1 aromatic carbocycles. The predicted molar refractivity (Wildman–Crippen MR) is 79.7 cm³/mol. The second-order valence-electron chi connectivity index (χ2n) is 5.53. The van der Waals surface area contributed by atoms with Crippen LogP contribution in [0, 0.1) is 0 Å². The summed E-state index contributed by atoms with van der Waals surface area (Å²) >= 11 is 0. The number of carbonyl (C=O) groups excluding carboxylic acids is 1. The van der Waals surface area contributed by atoms with E-state index in [1.54, 1.807) is 31.4 Å². The van der Waals surface area contributed by atoms with Gasteiger partial charge in [-0.15, -0.1) is 0 Å². The van der Waals surface area contributed by atoms with E-state index in [-0.39, 0.29) is 12.3 Å². The Morgan fingerprint density at radius 1 is 1.27 bits per heavy atom. The lowest BCUT2D eigenvalue weighted by Crippen LogP contribution is -2.45. The normalized spacial score (nSPS) is 17.2. The van der Waals surface area contributed by atoms with Crippen LogP contribution in [0.4, 0.5) is 0 Å². The van der Waals surface area contributed by atoms with Crippen molar-refractivity contribution >= 4 is 11.9 Å². The monoisotopic (exact) mass is 307 g/mol. The van der Waals surface area contributed by atoms with E-state index < -0.39 is 17.6 Å². The summed E-state index contributed by atoms with van der Waals surface area (Å²) in [4.78, 5) is 23.6. The zero-order valence-electron chi connectivity index (χ0n) is 12.8. The number of amides is 1. The largest absolute Gasteiger partial charge is 0.497 e. The van der Waals surface area contributed by atoms with Crippen LogP contribution in [0.2, 0.25) is 0 Å². The molecule has 1 aromatic rings. The molecule has 1 aliphatic rings. The molecule has 1 amide bonds. The predicted octanol–water partition coefficient (Wildman–Crippen LogP) is 1.90. The summed E-state index contributed by atoms with van der Waals surface area (Å²) in [7, 11) is 3.12. The van der Waals surface area contributed by atoms with Gasteiger partial charge in [-0.3, -0.25) is 4.79 Å². The standard InChI is InChI=1S/C16H21NO5/c1-21-12-6-4-11(5-7-12)14(15(19)20)17-13(18)10-16(22-2)8-3-9-16/h4-7,14H,3,8-10H2,1-2H3,(H,17,18)(H,19,20). The molecule has 2 rings (SSSR count). The van der Waals surface area contributed by atoms with Crippen molar-refractivity contribution in [1.82, 2.24) is 5.32 Å². The number of methoxy groups -OCH3 is 2. The summed E-state index contributed by atoms with van der Waals surface area (Å²) in [5.41, 5.74) is 0.0780. The van der Waals surface area contributed by atoms with Gasteiger partial charge in [-0.2, -0.15) is 0 Å². The van der Waals surface area contributed by atoms with Crippen molar-refractivity contribution in [3.63, 3.8) is 0 Å². The molecule has 0 spiro atoms. The molecule has 0 radical (unpaired) electrons. The molecule has 1 atom stereocenters. The van der Waals surface area contributed by atoms with Crippen molar-refractivity contribution in [2.24, 2.45) is 0 Å². The van der Waals surface area contributed by atoms with Gasteiger partial charge in [-0.05, 0) is 37.0 Å².